The second kappa shape index (κ2) is 7.68. The summed E-state index contributed by atoms with van der Waals surface area (Å²) in [4.78, 5) is 49.7. The molecule has 10 nitrogen and oxygen atoms in total. The third kappa shape index (κ3) is 3.49. The number of nitrogens with one attached hydrogen (secondary N) is 2. The second-order valence-electron chi connectivity index (χ2n) is 7.41. The first kappa shape index (κ1) is 20.1. The van der Waals surface area contributed by atoms with Gasteiger partial charge in [-0.05, 0) is 42.8 Å². The highest BCUT2D eigenvalue weighted by Crippen LogP contribution is 2.27. The number of aromatic nitrogens is 4. The van der Waals surface area contributed by atoms with Crippen LogP contribution in [0.4, 0.5) is 17.5 Å². The van der Waals surface area contributed by atoms with Crippen LogP contribution in [0.3, 0.4) is 0 Å². The van der Waals surface area contributed by atoms with Gasteiger partial charge in [0.25, 0.3) is 17.4 Å². The largest absolute Gasteiger partial charge is 0.384 e. The van der Waals surface area contributed by atoms with Crippen LogP contribution in [0, 0.1) is 6.92 Å². The lowest BCUT2D eigenvalue weighted by Crippen LogP contribution is -2.24. The number of carbonyl (C=O) groups excluding carboxylic acids is 2. The number of nitrogens with zero attached hydrogens (tertiary/aromatic N) is 4. The van der Waals surface area contributed by atoms with Crippen molar-refractivity contribution < 1.29 is 9.59 Å². The monoisotopic (exact) mass is 439 g/mol. The number of fused-ring (bicyclic) bond motifs is 1. The van der Waals surface area contributed by atoms with Gasteiger partial charge in [0.1, 0.15) is 5.82 Å². The van der Waals surface area contributed by atoms with Crippen molar-refractivity contribution in [2.75, 3.05) is 11.1 Å². The molecule has 10 heteroatoms. The van der Waals surface area contributed by atoms with Crippen molar-refractivity contribution in [1.82, 2.24) is 24.8 Å². The Hall–Kier alpha value is -4.86. The van der Waals surface area contributed by atoms with Crippen LogP contribution in [0.5, 0.6) is 0 Å². The van der Waals surface area contributed by atoms with Crippen molar-refractivity contribution in [1.29, 1.82) is 0 Å². The number of nitrogen functional groups attached to an aromatic ring is 1. The van der Waals surface area contributed by atoms with Crippen molar-refractivity contribution in [3.63, 3.8) is 0 Å². The molecule has 0 spiro atoms. The molecule has 0 saturated carbocycles. The van der Waals surface area contributed by atoms with Crippen LogP contribution in [0.25, 0.3) is 16.9 Å². The number of rotatable bonds is 4. The molecule has 4 heterocycles. The molecule has 1 aliphatic rings. The molecule has 5 rings (SSSR count). The summed E-state index contributed by atoms with van der Waals surface area (Å²) in [7, 11) is 0. The van der Waals surface area contributed by atoms with Crippen LogP contribution in [0.1, 0.15) is 26.3 Å². The Labute approximate surface area is 187 Å². The van der Waals surface area contributed by atoms with Crippen molar-refractivity contribution in [3.8, 4) is 16.9 Å². The summed E-state index contributed by atoms with van der Waals surface area (Å²) in [5.74, 6) is -1.02. The average molecular weight is 439 g/mol. The number of amides is 2. The number of carbonyl (C=O) groups is 2. The highest BCUT2D eigenvalue weighted by molar-refractivity contribution is 6.23. The van der Waals surface area contributed by atoms with Crippen molar-refractivity contribution in [2.24, 2.45) is 0 Å². The molecule has 0 bridgehead atoms. The summed E-state index contributed by atoms with van der Waals surface area (Å²) in [5.41, 5.74) is 9.06. The fourth-order valence-electron chi connectivity index (χ4n) is 3.64. The van der Waals surface area contributed by atoms with Gasteiger partial charge in [-0.1, -0.05) is 6.07 Å². The van der Waals surface area contributed by atoms with Gasteiger partial charge in [-0.15, -0.1) is 0 Å². The third-order valence-corrected chi connectivity index (χ3v) is 5.29. The predicted molar refractivity (Wildman–Crippen MR) is 122 cm³/mol. The van der Waals surface area contributed by atoms with E-state index in [2.05, 4.69) is 25.6 Å². The SMILES string of the molecule is Cc1ccc(-n2c(N)c3c(cc2=O)C(=O)NC3=O)cc1Nc1nccc(-c2cccnc2)n1. The fraction of sp³-hybridized carbons (Fsp3) is 0.0435. The van der Waals surface area contributed by atoms with Crippen LogP contribution >= 0.6 is 0 Å². The van der Waals surface area contributed by atoms with E-state index in [-0.39, 0.29) is 16.9 Å². The first-order valence-corrected chi connectivity index (χ1v) is 9.95. The number of imide groups is 1. The Kier molecular flexibility index (Phi) is 4.67. The number of hydrogen-bond donors (Lipinski definition) is 3. The lowest BCUT2D eigenvalue weighted by molar-refractivity contribution is 0.0880. The molecule has 0 unspecified atom stereocenters. The van der Waals surface area contributed by atoms with E-state index in [0.29, 0.717) is 23.0 Å². The van der Waals surface area contributed by atoms with Crippen LogP contribution in [0.15, 0.2) is 65.8 Å². The topological polar surface area (TPSA) is 145 Å². The molecular formula is C23H17N7O3. The van der Waals surface area contributed by atoms with Gasteiger partial charge in [-0.25, -0.2) is 9.97 Å². The molecule has 162 valence electrons. The van der Waals surface area contributed by atoms with Crippen LogP contribution < -0.4 is 21.9 Å². The van der Waals surface area contributed by atoms with E-state index in [9.17, 15) is 14.4 Å². The van der Waals surface area contributed by atoms with Gasteiger partial charge < -0.3 is 11.1 Å². The molecule has 1 aliphatic heterocycles. The third-order valence-electron chi connectivity index (χ3n) is 5.29. The molecular weight excluding hydrogens is 422 g/mol. The highest BCUT2D eigenvalue weighted by atomic mass is 16.2. The summed E-state index contributed by atoms with van der Waals surface area (Å²) in [6.07, 6.45) is 5.03. The number of pyridine rings is 2. The minimum atomic E-state index is -0.636. The van der Waals surface area contributed by atoms with E-state index in [4.69, 9.17) is 5.73 Å². The molecule has 3 aromatic heterocycles. The van der Waals surface area contributed by atoms with Crippen molar-refractivity contribution in [3.05, 3.63) is 88.1 Å². The molecule has 0 fully saturated rings. The summed E-state index contributed by atoms with van der Waals surface area (Å²) < 4.78 is 1.19. The molecule has 4 N–H and O–H groups in total. The average Bonchev–Trinajstić information content (AvgIpc) is 3.09. The Morgan fingerprint density at radius 2 is 1.88 bits per heavy atom. The molecule has 0 aliphatic carbocycles. The van der Waals surface area contributed by atoms with Crippen molar-refractivity contribution in [2.45, 2.75) is 6.92 Å². The van der Waals surface area contributed by atoms with Crippen molar-refractivity contribution >= 4 is 29.3 Å². The standard InChI is InChI=1S/C23H17N7O3/c1-12-4-5-14(30-18(31)10-15-19(20(30)24)22(33)29-21(15)32)9-17(12)28-23-26-8-6-16(27-23)13-3-2-7-25-11-13/h2-11H,24H2,1H3,(H,26,27,28)(H,29,32,33). The Morgan fingerprint density at radius 3 is 2.67 bits per heavy atom. The fourth-order valence-corrected chi connectivity index (χ4v) is 3.64. The number of nitrogens with two attached hydrogens (primary N) is 1. The second-order valence-corrected chi connectivity index (χ2v) is 7.41. The quantitative estimate of drug-likeness (QED) is 0.411. The molecule has 1 aromatic carbocycles. The molecule has 0 atom stereocenters. The molecule has 33 heavy (non-hydrogen) atoms. The summed E-state index contributed by atoms with van der Waals surface area (Å²) in [6, 6.07) is 11.8. The zero-order valence-corrected chi connectivity index (χ0v) is 17.4. The van der Waals surface area contributed by atoms with E-state index in [0.717, 1.165) is 17.2 Å². The summed E-state index contributed by atoms with van der Waals surface area (Å²) >= 11 is 0. The molecule has 0 saturated heterocycles. The van der Waals surface area contributed by atoms with Gasteiger partial charge in [0.15, 0.2) is 0 Å². The minimum absolute atomic E-state index is 0.0119. The predicted octanol–water partition coefficient (Wildman–Crippen LogP) is 2.21. The van der Waals surface area contributed by atoms with E-state index in [1.54, 1.807) is 42.9 Å². The zero-order valence-electron chi connectivity index (χ0n) is 17.4. The van der Waals surface area contributed by atoms with E-state index in [1.807, 2.05) is 19.1 Å². The van der Waals surface area contributed by atoms with E-state index >= 15 is 0 Å². The van der Waals surface area contributed by atoms with E-state index < -0.39 is 17.4 Å². The Morgan fingerprint density at radius 1 is 1.03 bits per heavy atom. The molecule has 0 radical (unpaired) electrons. The highest BCUT2D eigenvalue weighted by Gasteiger charge is 2.31. The zero-order chi connectivity index (χ0) is 23.1. The van der Waals surface area contributed by atoms with Gasteiger partial charge in [0.05, 0.1) is 22.5 Å². The van der Waals surface area contributed by atoms with Crippen LogP contribution in [0.2, 0.25) is 0 Å². The maximum absolute atomic E-state index is 12.7. The lowest BCUT2D eigenvalue weighted by Gasteiger charge is -2.15. The Bertz CT molecular complexity index is 1500. The number of hydrogen-bond acceptors (Lipinski definition) is 8. The maximum atomic E-state index is 12.7. The first-order chi connectivity index (χ1) is 15.9. The number of benzene rings is 1. The number of aryl methyl sites for hydroxylation is 1. The number of anilines is 3. The normalized spacial score (nSPS) is 12.4. The lowest BCUT2D eigenvalue weighted by atomic mass is 10.1. The van der Waals surface area contributed by atoms with Crippen LogP contribution in [-0.2, 0) is 0 Å². The van der Waals surface area contributed by atoms with E-state index in [1.165, 1.54) is 4.57 Å². The summed E-state index contributed by atoms with van der Waals surface area (Å²) in [5, 5.41) is 5.32. The van der Waals surface area contributed by atoms with Gasteiger partial charge in [0.2, 0.25) is 5.95 Å². The molecule has 2 amide bonds. The van der Waals surface area contributed by atoms with Gasteiger partial charge >= 0.3 is 0 Å². The Balaban J connectivity index is 1.55. The van der Waals surface area contributed by atoms with Gasteiger partial charge in [0, 0.05) is 35.9 Å². The smallest absolute Gasteiger partial charge is 0.262 e. The first-order valence-electron chi connectivity index (χ1n) is 9.95. The minimum Gasteiger partial charge on any atom is -0.384 e. The van der Waals surface area contributed by atoms with Gasteiger partial charge in [-0.2, -0.15) is 0 Å². The maximum Gasteiger partial charge on any atom is 0.262 e. The molecule has 4 aromatic rings. The summed E-state index contributed by atoms with van der Waals surface area (Å²) in [6.45, 7) is 1.89. The van der Waals surface area contributed by atoms with Gasteiger partial charge in [-0.3, -0.25) is 29.3 Å². The van der Waals surface area contributed by atoms with Crippen LogP contribution in [-0.4, -0.2) is 31.3 Å².